The van der Waals surface area contributed by atoms with E-state index in [0.29, 0.717) is 0 Å². The van der Waals surface area contributed by atoms with Crippen LogP contribution in [0.4, 0.5) is 0 Å². The first-order chi connectivity index (χ1) is 36.1. The third kappa shape index (κ3) is 11.3. The molecule has 76 heavy (non-hydrogen) atoms. The smallest absolute Gasteiger partial charge is 0.249 e. The Labute approximate surface area is 441 Å². The quantitative estimate of drug-likeness (QED) is 0.0885. The van der Waals surface area contributed by atoms with Crippen molar-refractivity contribution in [2.75, 3.05) is 13.2 Å². The molecule has 7 heterocycles. The lowest BCUT2D eigenvalue weighted by atomic mass is 9.92. The van der Waals surface area contributed by atoms with Crippen LogP contribution in [0.15, 0.2) is 73.8 Å². The summed E-state index contributed by atoms with van der Waals surface area (Å²) < 4.78 is 56.6. The third-order valence-corrected chi connectivity index (χ3v) is 15.4. The van der Waals surface area contributed by atoms with Gasteiger partial charge in [-0.2, -0.15) is 0 Å². The van der Waals surface area contributed by atoms with Crippen LogP contribution in [0.5, 0.6) is 0 Å². The van der Waals surface area contributed by atoms with Gasteiger partial charge in [0.15, 0.2) is 25.2 Å². The highest BCUT2D eigenvalue weighted by Crippen LogP contribution is 2.36. The molecule has 0 radical (unpaired) electrons. The summed E-state index contributed by atoms with van der Waals surface area (Å²) in [6.45, 7) is 15.6. The predicted octanol–water partition coefficient (Wildman–Crippen LogP) is -0.637. The Morgan fingerprint density at radius 2 is 0.763 bits per heavy atom. The highest BCUT2D eigenvalue weighted by molar-refractivity contribution is 5.52. The van der Waals surface area contributed by atoms with E-state index in [4.69, 9.17) is 37.9 Å². The second-order valence-corrected chi connectivity index (χ2v) is 22.2. The maximum Gasteiger partial charge on any atom is 0.249 e. The number of imidazole rings is 2. The van der Waals surface area contributed by atoms with Crippen LogP contribution >= 0.6 is 0 Å². The van der Waals surface area contributed by atoms with Crippen molar-refractivity contribution in [3.8, 4) is 11.4 Å². The summed E-state index contributed by atoms with van der Waals surface area (Å²) in [6.07, 6.45) is -23.1. The molecule has 4 aromatic rings. The van der Waals surface area contributed by atoms with Crippen LogP contribution in [0.3, 0.4) is 0 Å². The number of fused-ring (bicyclic) bond motifs is 8. The number of hydrogen-bond donors (Lipinski definition) is 10. The molecule has 22 nitrogen and oxygen atoms in total. The van der Waals surface area contributed by atoms with Crippen LogP contribution in [-0.2, 0) is 51.0 Å². The standard InChI is InChI=1S/C54H78N4O18/c1-25(2)29-11-9-12-30(26(3)4)37(29)57-17-15-55(23-57)19-33-41(61)49-47(67)51(71-33)69-21-35-39(59)44(64)46(66)54(74-35)76-50-42(62)34(72-52(48(50)68)70-22-36-40(60)43(63)45(65)53(73-36)75-49)20-56-16-18-58(24-56)38-31(27(5)6)13-10-14-32(38)28(7)8/h9-18,23-28,33-36,39-54,59-68H,19-22H2,1-8H3/q+2/t33-,34-,35-,36-,39-,40-,41-,42-,43+,44+,45-,46-,47-,48-,49+,50+,51+,52+,53-,54-/m1/s1. The largest absolute Gasteiger partial charge is 0.387 e. The molecule has 0 saturated carbocycles. The molecule has 0 unspecified atom stereocenters. The van der Waals surface area contributed by atoms with Crippen molar-refractivity contribution in [1.82, 2.24) is 9.13 Å². The molecule has 8 bridgehead atoms. The zero-order chi connectivity index (χ0) is 54.6. The molecular formula is C54H78N4O18+2. The van der Waals surface area contributed by atoms with Crippen molar-refractivity contribution in [2.24, 2.45) is 0 Å². The van der Waals surface area contributed by atoms with E-state index in [1.54, 1.807) is 21.5 Å². The molecule has 2 aromatic carbocycles. The van der Waals surface area contributed by atoms with Gasteiger partial charge in [-0.05, 0) is 23.7 Å². The molecule has 22 heteroatoms. The molecule has 0 spiro atoms. The molecule has 420 valence electrons. The maximum atomic E-state index is 12.0. The first-order valence-electron chi connectivity index (χ1n) is 26.5. The van der Waals surface area contributed by atoms with Crippen LogP contribution < -0.4 is 9.13 Å². The van der Waals surface area contributed by atoms with Gasteiger partial charge in [-0.15, -0.1) is 0 Å². The van der Waals surface area contributed by atoms with Gasteiger partial charge in [-0.1, -0.05) is 91.8 Å². The Kier molecular flexibility index (Phi) is 17.5. The monoisotopic (exact) mass is 1070 g/mol. The molecule has 5 saturated heterocycles. The SMILES string of the molecule is CC(C)c1cccc(C(C)C)c1-n1cc[n+](C[C@H]2O[C@@H]3OC[C@H]4O[C@H](O[C@@H]5[C@@H](O)[C@@H](OC[C@H]6O[C@H](O[C@H]([C@H]3O)[C@@H]2O)[C@H](O)[C@@H](O)[C@@H]6O)O[C@H](C[n+]2ccn(-c3c(C(C)C)cccc3C(C)C)c2)[C@H]5O)[C@H](O)[C@@H](O)[C@@H]4O)c1. The van der Waals surface area contributed by atoms with E-state index in [9.17, 15) is 51.1 Å². The molecule has 5 fully saturated rings. The number of rotatable bonds is 10. The van der Waals surface area contributed by atoms with Gasteiger partial charge in [0.1, 0.15) is 147 Å². The van der Waals surface area contributed by atoms with Crippen LogP contribution in [0, 0.1) is 0 Å². The Balaban J connectivity index is 1.01. The van der Waals surface area contributed by atoms with E-state index in [-0.39, 0.29) is 36.8 Å². The van der Waals surface area contributed by atoms with Gasteiger partial charge in [-0.25, -0.2) is 18.3 Å². The number of aliphatic hydroxyl groups is 10. The highest BCUT2D eigenvalue weighted by Gasteiger charge is 2.55. The van der Waals surface area contributed by atoms with Gasteiger partial charge < -0.3 is 89.0 Å². The first kappa shape index (κ1) is 56.8. The lowest BCUT2D eigenvalue weighted by molar-refractivity contribution is -0.706. The fourth-order valence-electron chi connectivity index (χ4n) is 11.0. The van der Waals surface area contributed by atoms with Gasteiger partial charge in [-0.3, -0.25) is 0 Å². The second-order valence-electron chi connectivity index (χ2n) is 22.2. The van der Waals surface area contributed by atoms with Gasteiger partial charge in [0.05, 0.1) is 13.2 Å². The minimum absolute atomic E-state index is 0.0410. The lowest BCUT2D eigenvalue weighted by Gasteiger charge is -2.48. The normalized spacial score (nSPS) is 37.7. The summed E-state index contributed by atoms with van der Waals surface area (Å²) in [5.74, 6) is 0.775. The van der Waals surface area contributed by atoms with Gasteiger partial charge >= 0.3 is 0 Å². The Bertz CT molecular complexity index is 2340. The molecule has 0 amide bonds. The van der Waals surface area contributed by atoms with E-state index in [2.05, 4.69) is 79.7 Å². The zero-order valence-electron chi connectivity index (χ0n) is 44.1. The lowest BCUT2D eigenvalue weighted by Crippen LogP contribution is -2.67. The van der Waals surface area contributed by atoms with E-state index in [0.717, 1.165) is 33.6 Å². The van der Waals surface area contributed by atoms with Crippen molar-refractivity contribution in [1.29, 1.82) is 0 Å². The minimum Gasteiger partial charge on any atom is -0.387 e. The molecule has 0 aliphatic carbocycles. The summed E-state index contributed by atoms with van der Waals surface area (Å²) in [5, 5.41) is 115. The van der Waals surface area contributed by atoms with Crippen LogP contribution in [0.1, 0.15) is 101 Å². The van der Waals surface area contributed by atoms with Crippen molar-refractivity contribution in [3.05, 3.63) is 96.1 Å². The number of nitrogens with zero attached hydrogens (tertiary/aromatic N) is 4. The summed E-state index contributed by atoms with van der Waals surface area (Å²) in [7, 11) is 0. The molecule has 2 aromatic heterocycles. The fourth-order valence-corrected chi connectivity index (χ4v) is 11.0. The summed E-state index contributed by atoms with van der Waals surface area (Å²) >= 11 is 0. The third-order valence-electron chi connectivity index (χ3n) is 15.4. The Morgan fingerprint density at radius 1 is 0.421 bits per heavy atom. The number of aromatic nitrogens is 4. The molecule has 5 aliphatic heterocycles. The highest BCUT2D eigenvalue weighted by atomic mass is 16.8. The zero-order valence-corrected chi connectivity index (χ0v) is 44.1. The minimum atomic E-state index is -1.94. The van der Waals surface area contributed by atoms with E-state index in [1.807, 2.05) is 46.3 Å². The van der Waals surface area contributed by atoms with E-state index in [1.165, 1.54) is 0 Å². The topological polar surface area (TPSA) is 294 Å². The van der Waals surface area contributed by atoms with Gasteiger partial charge in [0, 0.05) is 22.3 Å². The number of benzene rings is 2. The van der Waals surface area contributed by atoms with Crippen molar-refractivity contribution < 1.29 is 98.1 Å². The summed E-state index contributed by atoms with van der Waals surface area (Å²) in [4.78, 5) is 0. The first-order valence-corrected chi connectivity index (χ1v) is 26.5. The van der Waals surface area contributed by atoms with Crippen molar-refractivity contribution >= 4 is 0 Å². The predicted molar refractivity (Wildman–Crippen MR) is 265 cm³/mol. The molecular weight excluding hydrogens is 993 g/mol. The fraction of sp³-hybridized carbons (Fsp3) is 0.667. The number of aliphatic hydroxyl groups excluding tert-OH is 10. The van der Waals surface area contributed by atoms with Crippen LogP contribution in [-0.4, -0.2) is 196 Å². The van der Waals surface area contributed by atoms with Crippen molar-refractivity contribution in [2.45, 2.75) is 215 Å². The van der Waals surface area contributed by atoms with E-state index >= 15 is 0 Å². The Hall–Kier alpha value is -3.86. The number of hydrogen-bond acceptors (Lipinski definition) is 18. The van der Waals surface area contributed by atoms with Gasteiger partial charge in [0.25, 0.3) is 0 Å². The average molecular weight is 1070 g/mol. The number of ether oxygens (including phenoxy) is 8. The molecule has 20 atom stereocenters. The number of para-hydroxylation sites is 2. The summed E-state index contributed by atoms with van der Waals surface area (Å²) in [6, 6.07) is 12.4. The van der Waals surface area contributed by atoms with Crippen LogP contribution in [0.25, 0.3) is 11.4 Å². The second kappa shape index (κ2) is 23.5. The maximum absolute atomic E-state index is 12.0. The molecule has 5 aliphatic rings. The average Bonchev–Trinajstić information content (AvgIpc) is 4.07. The molecule has 10 N–H and O–H groups in total. The van der Waals surface area contributed by atoms with Crippen molar-refractivity contribution in [3.63, 3.8) is 0 Å². The molecule has 9 rings (SSSR count). The Morgan fingerprint density at radius 3 is 1.09 bits per heavy atom. The van der Waals surface area contributed by atoms with E-state index < -0.39 is 136 Å². The summed E-state index contributed by atoms with van der Waals surface area (Å²) in [5.41, 5.74) is 6.49. The van der Waals surface area contributed by atoms with Gasteiger partial charge in [0.2, 0.25) is 12.7 Å². The van der Waals surface area contributed by atoms with Crippen LogP contribution in [0.2, 0.25) is 0 Å².